The third kappa shape index (κ3) is 2.03. The van der Waals surface area contributed by atoms with E-state index in [0.717, 1.165) is 19.4 Å². The van der Waals surface area contributed by atoms with E-state index in [-0.39, 0.29) is 11.9 Å². The first-order chi connectivity index (χ1) is 10.3. The highest BCUT2D eigenvalue weighted by molar-refractivity contribution is 5.75. The molecule has 5 atom stereocenters. The molecule has 4 bridgehead atoms. The van der Waals surface area contributed by atoms with Gasteiger partial charge in [-0.3, -0.25) is 9.69 Å². The maximum absolute atomic E-state index is 12.3. The molecule has 0 N–H and O–H groups in total. The number of fused-ring (bicyclic) bond motifs is 1. The molecule has 4 saturated heterocycles. The first-order valence-corrected chi connectivity index (χ1v) is 7.87. The van der Waals surface area contributed by atoms with Gasteiger partial charge in [-0.25, -0.2) is 0 Å². The Morgan fingerprint density at radius 2 is 2.10 bits per heavy atom. The molecule has 5 unspecified atom stereocenters. The van der Waals surface area contributed by atoms with Gasteiger partial charge < -0.3 is 4.74 Å². The Labute approximate surface area is 125 Å². The number of hydrogen-bond acceptors (Lipinski definition) is 3. The van der Waals surface area contributed by atoms with Gasteiger partial charge >= 0.3 is 5.97 Å². The maximum atomic E-state index is 12.3. The molecule has 0 saturated carbocycles. The van der Waals surface area contributed by atoms with Crippen LogP contribution in [0.15, 0.2) is 35.9 Å². The Morgan fingerprint density at radius 3 is 2.86 bits per heavy atom. The molecule has 5 rings (SSSR count). The minimum absolute atomic E-state index is 0.0194. The van der Waals surface area contributed by atoms with E-state index >= 15 is 0 Å². The van der Waals surface area contributed by atoms with Crippen LogP contribution in [0.4, 0.5) is 0 Å². The summed E-state index contributed by atoms with van der Waals surface area (Å²) in [5, 5.41) is 0. The van der Waals surface area contributed by atoms with E-state index in [1.54, 1.807) is 0 Å². The summed E-state index contributed by atoms with van der Waals surface area (Å²) in [5.74, 6) is 0.395. The van der Waals surface area contributed by atoms with Crippen molar-refractivity contribution in [3.63, 3.8) is 0 Å². The van der Waals surface area contributed by atoms with Gasteiger partial charge in [-0.1, -0.05) is 42.0 Å². The van der Waals surface area contributed by atoms with Gasteiger partial charge in [0.05, 0.1) is 13.0 Å². The van der Waals surface area contributed by atoms with Gasteiger partial charge in [-0.15, -0.1) is 0 Å². The van der Waals surface area contributed by atoms with Crippen molar-refractivity contribution < 1.29 is 9.53 Å². The second kappa shape index (κ2) is 4.99. The Hall–Kier alpha value is -1.61. The molecule has 4 aliphatic rings. The maximum Gasteiger partial charge on any atom is 0.310 e. The number of nitrogens with zero attached hydrogens (tertiary/aromatic N) is 1. The molecule has 1 aromatic carbocycles. The smallest absolute Gasteiger partial charge is 0.310 e. The summed E-state index contributed by atoms with van der Waals surface area (Å²) >= 11 is 0. The number of carbonyl (C=O) groups excluding carboxylic acids is 1. The van der Waals surface area contributed by atoms with Crippen LogP contribution in [-0.4, -0.2) is 36.6 Å². The van der Waals surface area contributed by atoms with Crippen molar-refractivity contribution in [1.29, 1.82) is 0 Å². The summed E-state index contributed by atoms with van der Waals surface area (Å²) in [7, 11) is 1.52. The van der Waals surface area contributed by atoms with Crippen LogP contribution in [0, 0.1) is 11.8 Å². The van der Waals surface area contributed by atoms with Crippen molar-refractivity contribution in [2.24, 2.45) is 11.8 Å². The van der Waals surface area contributed by atoms with Gasteiger partial charge in [0, 0.05) is 18.6 Å². The molecule has 1 aromatic rings. The minimum atomic E-state index is -0.0194. The quantitative estimate of drug-likeness (QED) is 0.782. The molecule has 4 aliphatic heterocycles. The second-order valence-corrected chi connectivity index (χ2v) is 6.49. The number of carbonyl (C=O) groups is 1. The van der Waals surface area contributed by atoms with Crippen molar-refractivity contribution in [3.8, 4) is 0 Å². The van der Waals surface area contributed by atoms with Crippen molar-refractivity contribution >= 4 is 12.0 Å². The average molecular weight is 283 g/mol. The summed E-state index contributed by atoms with van der Waals surface area (Å²) < 4.78 is 5.10. The van der Waals surface area contributed by atoms with E-state index in [1.165, 1.54) is 24.7 Å². The topological polar surface area (TPSA) is 29.5 Å². The molecule has 110 valence electrons. The molecular formula is C18H21NO2. The average Bonchev–Trinajstić information content (AvgIpc) is 2.83. The highest BCUT2D eigenvalue weighted by Gasteiger charge is 2.55. The SMILES string of the molecule is COC(=O)C1C2CC3CCC1N3C/C2=C\c1ccccc1. The van der Waals surface area contributed by atoms with Crippen LogP contribution >= 0.6 is 0 Å². The van der Waals surface area contributed by atoms with E-state index in [1.807, 2.05) is 6.07 Å². The zero-order valence-corrected chi connectivity index (χ0v) is 12.4. The number of hydrogen-bond donors (Lipinski definition) is 0. The summed E-state index contributed by atoms with van der Waals surface area (Å²) in [6.07, 6.45) is 5.80. The van der Waals surface area contributed by atoms with Crippen LogP contribution in [-0.2, 0) is 9.53 Å². The number of rotatable bonds is 2. The van der Waals surface area contributed by atoms with Gasteiger partial charge in [0.2, 0.25) is 0 Å². The monoisotopic (exact) mass is 283 g/mol. The predicted octanol–water partition coefficient (Wildman–Crippen LogP) is 2.73. The molecule has 0 amide bonds. The molecular weight excluding hydrogens is 262 g/mol. The molecule has 0 spiro atoms. The van der Waals surface area contributed by atoms with Crippen molar-refractivity contribution in [1.82, 2.24) is 4.90 Å². The molecule has 4 fully saturated rings. The normalized spacial score (nSPS) is 38.7. The van der Waals surface area contributed by atoms with Crippen LogP contribution in [0.1, 0.15) is 24.8 Å². The van der Waals surface area contributed by atoms with Gasteiger partial charge in [0.1, 0.15) is 0 Å². The third-order valence-corrected chi connectivity index (χ3v) is 5.53. The largest absolute Gasteiger partial charge is 0.469 e. The van der Waals surface area contributed by atoms with Crippen molar-refractivity contribution in [3.05, 3.63) is 41.5 Å². The molecule has 21 heavy (non-hydrogen) atoms. The van der Waals surface area contributed by atoms with Crippen LogP contribution in [0.25, 0.3) is 6.08 Å². The van der Waals surface area contributed by atoms with Crippen molar-refractivity contribution in [2.45, 2.75) is 31.3 Å². The highest BCUT2D eigenvalue weighted by Crippen LogP contribution is 2.50. The Morgan fingerprint density at radius 1 is 1.29 bits per heavy atom. The fraction of sp³-hybridized carbons (Fsp3) is 0.500. The van der Waals surface area contributed by atoms with Gasteiger partial charge in [-0.2, -0.15) is 0 Å². The standard InChI is InChI=1S/C18H21NO2/c1-21-18(20)17-15-10-14-7-8-16(17)19(14)11-13(15)9-12-5-3-2-4-6-12/h2-6,9,14-17H,7-8,10-11H2,1H3/b13-9+. The first-order valence-electron chi connectivity index (χ1n) is 7.87. The molecule has 3 nitrogen and oxygen atoms in total. The molecule has 0 aliphatic carbocycles. The number of piperidine rings is 3. The molecule has 0 radical (unpaired) electrons. The summed E-state index contributed by atoms with van der Waals surface area (Å²) in [5.41, 5.74) is 2.64. The van der Waals surface area contributed by atoms with Crippen LogP contribution in [0.5, 0.6) is 0 Å². The van der Waals surface area contributed by atoms with E-state index in [0.29, 0.717) is 18.0 Å². The summed E-state index contributed by atoms with van der Waals surface area (Å²) in [4.78, 5) is 14.8. The summed E-state index contributed by atoms with van der Waals surface area (Å²) in [6.45, 7) is 1.03. The Balaban J connectivity index is 1.69. The van der Waals surface area contributed by atoms with Crippen LogP contribution in [0.3, 0.4) is 0 Å². The Kier molecular flexibility index (Phi) is 3.11. The van der Waals surface area contributed by atoms with Gasteiger partial charge in [-0.05, 0) is 30.7 Å². The lowest BCUT2D eigenvalue weighted by molar-refractivity contribution is -0.153. The van der Waals surface area contributed by atoms with Crippen LogP contribution in [0.2, 0.25) is 0 Å². The highest BCUT2D eigenvalue weighted by atomic mass is 16.5. The van der Waals surface area contributed by atoms with Crippen LogP contribution < -0.4 is 0 Å². The molecule has 0 aromatic heterocycles. The van der Waals surface area contributed by atoms with E-state index < -0.39 is 0 Å². The predicted molar refractivity (Wildman–Crippen MR) is 81.5 cm³/mol. The van der Waals surface area contributed by atoms with Crippen molar-refractivity contribution in [2.75, 3.05) is 13.7 Å². The fourth-order valence-corrected chi connectivity index (χ4v) is 4.64. The zero-order valence-electron chi connectivity index (χ0n) is 12.4. The lowest BCUT2D eigenvalue weighted by Crippen LogP contribution is -2.58. The second-order valence-electron chi connectivity index (χ2n) is 6.49. The van der Waals surface area contributed by atoms with Gasteiger partial charge in [0.15, 0.2) is 0 Å². The Bertz CT molecular complexity index is 580. The third-order valence-electron chi connectivity index (χ3n) is 5.53. The van der Waals surface area contributed by atoms with E-state index in [9.17, 15) is 4.79 Å². The summed E-state index contributed by atoms with van der Waals surface area (Å²) in [6, 6.07) is 11.5. The number of benzene rings is 1. The fourth-order valence-electron chi connectivity index (χ4n) is 4.64. The van der Waals surface area contributed by atoms with Gasteiger partial charge in [0.25, 0.3) is 0 Å². The number of methoxy groups -OCH3 is 1. The molecule has 4 heterocycles. The number of esters is 1. The first kappa shape index (κ1) is 13.1. The zero-order chi connectivity index (χ0) is 14.4. The van der Waals surface area contributed by atoms with E-state index in [2.05, 4.69) is 35.2 Å². The molecule has 3 heteroatoms. The number of ether oxygens (including phenoxy) is 1. The lowest BCUT2D eigenvalue weighted by Gasteiger charge is -2.50. The lowest BCUT2D eigenvalue weighted by atomic mass is 9.71. The van der Waals surface area contributed by atoms with E-state index in [4.69, 9.17) is 4.74 Å². The minimum Gasteiger partial charge on any atom is -0.469 e.